The van der Waals surface area contributed by atoms with Gasteiger partial charge >= 0.3 is 0 Å². The Morgan fingerprint density at radius 3 is 2.53 bits per heavy atom. The average Bonchev–Trinajstić information content (AvgIpc) is 2.78. The van der Waals surface area contributed by atoms with Gasteiger partial charge in [0.2, 0.25) is 0 Å². The molecule has 0 atom stereocenters. The minimum atomic E-state index is 0.0632. The molecule has 1 aliphatic heterocycles. The lowest BCUT2D eigenvalue weighted by Gasteiger charge is -2.20. The summed E-state index contributed by atoms with van der Waals surface area (Å²) in [6.07, 6.45) is 0.0632. The third kappa shape index (κ3) is 3.41. The Balaban J connectivity index is 1.96. The molecule has 0 radical (unpaired) electrons. The molecule has 1 aliphatic rings. The normalized spacial score (nSPS) is 17.4. The molecule has 1 aromatic rings. The van der Waals surface area contributed by atoms with Gasteiger partial charge < -0.3 is 4.74 Å². The SMILES string of the molecule is CC(C)(C)c1cccc(OCC2NNNN2)c1. The van der Waals surface area contributed by atoms with Crippen LogP contribution in [0.25, 0.3) is 0 Å². The highest BCUT2D eigenvalue weighted by Crippen LogP contribution is 2.25. The van der Waals surface area contributed by atoms with Gasteiger partial charge in [-0.25, -0.2) is 10.9 Å². The van der Waals surface area contributed by atoms with E-state index in [1.807, 2.05) is 12.1 Å². The molecule has 1 heterocycles. The van der Waals surface area contributed by atoms with Crippen molar-refractivity contribution in [2.75, 3.05) is 6.61 Å². The van der Waals surface area contributed by atoms with Crippen LogP contribution in [0.15, 0.2) is 24.3 Å². The second-order valence-corrected chi connectivity index (χ2v) is 5.18. The van der Waals surface area contributed by atoms with Crippen molar-refractivity contribution >= 4 is 0 Å². The van der Waals surface area contributed by atoms with Gasteiger partial charge in [0.25, 0.3) is 0 Å². The molecule has 0 unspecified atom stereocenters. The second-order valence-electron chi connectivity index (χ2n) is 5.18. The van der Waals surface area contributed by atoms with Crippen molar-refractivity contribution in [1.29, 1.82) is 0 Å². The molecule has 0 spiro atoms. The minimum absolute atomic E-state index is 0.0632. The molecular formula is C12H20N4O. The van der Waals surface area contributed by atoms with Crippen LogP contribution in [-0.4, -0.2) is 12.8 Å². The van der Waals surface area contributed by atoms with Gasteiger partial charge in [-0.15, -0.1) is 0 Å². The molecule has 94 valence electrons. The summed E-state index contributed by atoms with van der Waals surface area (Å²) in [7, 11) is 0. The Labute approximate surface area is 102 Å². The molecule has 0 saturated carbocycles. The number of benzene rings is 1. The maximum absolute atomic E-state index is 5.72. The Morgan fingerprint density at radius 1 is 1.18 bits per heavy atom. The maximum Gasteiger partial charge on any atom is 0.120 e. The Hall–Kier alpha value is -1.14. The van der Waals surface area contributed by atoms with Crippen LogP contribution in [0.3, 0.4) is 0 Å². The quantitative estimate of drug-likeness (QED) is 0.625. The summed E-state index contributed by atoms with van der Waals surface area (Å²) in [6, 6.07) is 8.23. The molecule has 5 heteroatoms. The maximum atomic E-state index is 5.72. The first kappa shape index (κ1) is 12.3. The molecule has 1 saturated heterocycles. The van der Waals surface area contributed by atoms with Gasteiger partial charge in [-0.1, -0.05) is 32.9 Å². The van der Waals surface area contributed by atoms with Crippen LogP contribution in [0.2, 0.25) is 0 Å². The number of hydrogen-bond acceptors (Lipinski definition) is 5. The zero-order chi connectivity index (χ0) is 12.3. The van der Waals surface area contributed by atoms with Crippen LogP contribution in [0.4, 0.5) is 0 Å². The van der Waals surface area contributed by atoms with Gasteiger partial charge in [-0.2, -0.15) is 11.1 Å². The first-order chi connectivity index (χ1) is 8.05. The highest BCUT2D eigenvalue weighted by atomic mass is 16.5. The predicted molar refractivity (Wildman–Crippen MR) is 67.0 cm³/mol. The molecular weight excluding hydrogens is 216 g/mol. The van der Waals surface area contributed by atoms with Crippen molar-refractivity contribution in [3.8, 4) is 5.75 Å². The molecule has 1 fully saturated rings. The standard InChI is InChI=1S/C12H20N4O/c1-12(2,3)9-5-4-6-10(7-9)17-8-11-13-15-16-14-11/h4-7,11,13-16H,8H2,1-3H3. The van der Waals surface area contributed by atoms with E-state index in [0.717, 1.165) is 5.75 Å². The van der Waals surface area contributed by atoms with Gasteiger partial charge in [0.15, 0.2) is 0 Å². The molecule has 1 aromatic carbocycles. The molecule has 0 amide bonds. The first-order valence-corrected chi connectivity index (χ1v) is 5.80. The molecule has 2 rings (SSSR count). The van der Waals surface area contributed by atoms with Crippen molar-refractivity contribution in [2.24, 2.45) is 0 Å². The fraction of sp³-hybridized carbons (Fsp3) is 0.500. The zero-order valence-electron chi connectivity index (χ0n) is 10.5. The van der Waals surface area contributed by atoms with Gasteiger partial charge in [0.1, 0.15) is 18.5 Å². The number of hydrazine groups is 3. The van der Waals surface area contributed by atoms with E-state index in [1.54, 1.807) is 0 Å². The van der Waals surface area contributed by atoms with Gasteiger partial charge in [-0.3, -0.25) is 0 Å². The predicted octanol–water partition coefficient (Wildman–Crippen LogP) is 0.806. The smallest absolute Gasteiger partial charge is 0.120 e. The van der Waals surface area contributed by atoms with E-state index in [4.69, 9.17) is 4.74 Å². The largest absolute Gasteiger partial charge is 0.490 e. The minimum Gasteiger partial charge on any atom is -0.490 e. The van der Waals surface area contributed by atoms with E-state index in [1.165, 1.54) is 5.56 Å². The van der Waals surface area contributed by atoms with Crippen LogP contribution in [0.1, 0.15) is 26.3 Å². The van der Waals surface area contributed by atoms with Crippen molar-refractivity contribution in [2.45, 2.75) is 32.4 Å². The molecule has 17 heavy (non-hydrogen) atoms. The van der Waals surface area contributed by atoms with Crippen molar-refractivity contribution in [1.82, 2.24) is 21.9 Å². The second kappa shape index (κ2) is 5.01. The van der Waals surface area contributed by atoms with Gasteiger partial charge in [0, 0.05) is 0 Å². The van der Waals surface area contributed by atoms with Crippen LogP contribution < -0.4 is 26.7 Å². The molecule has 0 bridgehead atoms. The van der Waals surface area contributed by atoms with Crippen LogP contribution in [0.5, 0.6) is 5.75 Å². The van der Waals surface area contributed by atoms with Crippen molar-refractivity contribution in [3.05, 3.63) is 29.8 Å². The Kier molecular flexibility index (Phi) is 3.63. The summed E-state index contributed by atoms with van der Waals surface area (Å²) in [5, 5.41) is 0. The lowest BCUT2D eigenvalue weighted by molar-refractivity contribution is 0.259. The topological polar surface area (TPSA) is 57.4 Å². The summed E-state index contributed by atoms with van der Waals surface area (Å²) >= 11 is 0. The first-order valence-electron chi connectivity index (χ1n) is 5.80. The van der Waals surface area contributed by atoms with E-state index in [0.29, 0.717) is 6.61 Å². The van der Waals surface area contributed by atoms with Crippen molar-refractivity contribution < 1.29 is 4.74 Å². The summed E-state index contributed by atoms with van der Waals surface area (Å²) < 4.78 is 5.72. The number of nitrogens with one attached hydrogen (secondary N) is 4. The van der Waals surface area contributed by atoms with E-state index < -0.39 is 0 Å². The summed E-state index contributed by atoms with van der Waals surface area (Å²) in [6.45, 7) is 7.13. The average molecular weight is 236 g/mol. The van der Waals surface area contributed by atoms with Crippen LogP contribution in [-0.2, 0) is 5.41 Å². The van der Waals surface area contributed by atoms with E-state index in [9.17, 15) is 0 Å². The third-order valence-electron chi connectivity index (χ3n) is 2.67. The lowest BCUT2D eigenvalue weighted by atomic mass is 9.87. The van der Waals surface area contributed by atoms with E-state index in [-0.39, 0.29) is 11.6 Å². The molecule has 4 N–H and O–H groups in total. The Morgan fingerprint density at radius 2 is 1.88 bits per heavy atom. The Bertz CT molecular complexity index is 369. The molecule has 0 aromatic heterocycles. The van der Waals surface area contributed by atoms with E-state index >= 15 is 0 Å². The third-order valence-corrected chi connectivity index (χ3v) is 2.67. The molecule has 5 nitrogen and oxygen atoms in total. The van der Waals surface area contributed by atoms with Crippen molar-refractivity contribution in [3.63, 3.8) is 0 Å². The summed E-state index contributed by atoms with van der Waals surface area (Å²) in [5.74, 6) is 0.896. The summed E-state index contributed by atoms with van der Waals surface area (Å²) in [5.41, 5.74) is 12.9. The highest BCUT2D eigenvalue weighted by molar-refractivity contribution is 5.32. The molecule has 0 aliphatic carbocycles. The fourth-order valence-electron chi connectivity index (χ4n) is 1.60. The van der Waals surface area contributed by atoms with Gasteiger partial charge in [0.05, 0.1) is 0 Å². The zero-order valence-corrected chi connectivity index (χ0v) is 10.5. The summed E-state index contributed by atoms with van der Waals surface area (Å²) in [4.78, 5) is 0. The fourth-order valence-corrected chi connectivity index (χ4v) is 1.60. The van der Waals surface area contributed by atoms with Gasteiger partial charge in [-0.05, 0) is 23.1 Å². The van der Waals surface area contributed by atoms with E-state index in [2.05, 4.69) is 54.8 Å². The monoisotopic (exact) mass is 236 g/mol. The number of hydrogen-bond donors (Lipinski definition) is 4. The van der Waals surface area contributed by atoms with Crippen LogP contribution in [0, 0.1) is 0 Å². The number of rotatable bonds is 3. The van der Waals surface area contributed by atoms with Crippen LogP contribution >= 0.6 is 0 Å². The highest BCUT2D eigenvalue weighted by Gasteiger charge is 2.15. The number of ether oxygens (including phenoxy) is 1. The lowest BCUT2D eigenvalue weighted by Crippen LogP contribution is -2.39.